The van der Waals surface area contributed by atoms with E-state index < -0.39 is 11.8 Å². The molecule has 1 atom stereocenters. The molecule has 0 spiro atoms. The van der Waals surface area contributed by atoms with Crippen molar-refractivity contribution in [2.75, 3.05) is 46.3 Å². The normalized spacial score (nSPS) is 17.4. The molecule has 126 valence electrons. The van der Waals surface area contributed by atoms with E-state index >= 15 is 0 Å². The molecule has 2 amide bonds. The van der Waals surface area contributed by atoms with Gasteiger partial charge in [0.1, 0.15) is 0 Å². The van der Waals surface area contributed by atoms with Gasteiger partial charge in [-0.25, -0.2) is 0 Å². The highest BCUT2D eigenvalue weighted by Gasteiger charge is 2.25. The maximum absolute atomic E-state index is 11.9. The van der Waals surface area contributed by atoms with Crippen molar-refractivity contribution in [3.8, 4) is 0 Å². The van der Waals surface area contributed by atoms with Gasteiger partial charge >= 0.3 is 11.8 Å². The minimum absolute atomic E-state index is 0.103. The molecule has 1 fully saturated rings. The van der Waals surface area contributed by atoms with Gasteiger partial charge in [0.05, 0.1) is 6.04 Å². The molecule has 6 nitrogen and oxygen atoms in total. The first-order chi connectivity index (χ1) is 11.1. The summed E-state index contributed by atoms with van der Waals surface area (Å²) >= 11 is 1.64. The second kappa shape index (κ2) is 8.81. The van der Waals surface area contributed by atoms with Crippen LogP contribution in [0.1, 0.15) is 11.6 Å². The Morgan fingerprint density at radius 3 is 2.61 bits per heavy atom. The molecule has 2 rings (SSSR count). The Balaban J connectivity index is 1.94. The van der Waals surface area contributed by atoms with Gasteiger partial charge in [-0.2, -0.15) is 11.3 Å². The van der Waals surface area contributed by atoms with E-state index in [1.165, 1.54) is 5.56 Å². The molecule has 23 heavy (non-hydrogen) atoms. The van der Waals surface area contributed by atoms with Gasteiger partial charge in [-0.05, 0) is 29.4 Å². The number of nitrogens with one attached hydrogen (secondary N) is 2. The van der Waals surface area contributed by atoms with Crippen LogP contribution in [-0.4, -0.2) is 67.9 Å². The summed E-state index contributed by atoms with van der Waals surface area (Å²) in [6.45, 7) is 8.16. The van der Waals surface area contributed by atoms with Gasteiger partial charge < -0.3 is 15.5 Å². The molecule has 2 N–H and O–H groups in total. The molecule has 1 aromatic rings. The maximum atomic E-state index is 11.9. The second-order valence-electron chi connectivity index (χ2n) is 5.62. The first kappa shape index (κ1) is 17.7. The third-order valence-corrected chi connectivity index (χ3v) is 4.68. The summed E-state index contributed by atoms with van der Waals surface area (Å²) in [5, 5.41) is 9.38. The molecule has 0 radical (unpaired) electrons. The SMILES string of the molecule is C=CCNC(=O)C(=O)NCC(c1ccsc1)N1CCN(C)CC1. The van der Waals surface area contributed by atoms with E-state index in [9.17, 15) is 9.59 Å². The summed E-state index contributed by atoms with van der Waals surface area (Å²) in [6.07, 6.45) is 1.55. The van der Waals surface area contributed by atoms with Crippen molar-refractivity contribution in [1.82, 2.24) is 20.4 Å². The minimum atomic E-state index is -0.618. The first-order valence-corrected chi connectivity index (χ1v) is 8.67. The molecule has 1 aliphatic heterocycles. The third-order valence-electron chi connectivity index (χ3n) is 3.98. The van der Waals surface area contributed by atoms with Crippen molar-refractivity contribution in [3.63, 3.8) is 0 Å². The van der Waals surface area contributed by atoms with Crippen molar-refractivity contribution in [1.29, 1.82) is 0 Å². The average molecular weight is 336 g/mol. The summed E-state index contributed by atoms with van der Waals surface area (Å²) in [4.78, 5) is 28.2. The van der Waals surface area contributed by atoms with E-state index in [4.69, 9.17) is 0 Å². The van der Waals surface area contributed by atoms with Gasteiger partial charge in [0.2, 0.25) is 0 Å². The van der Waals surface area contributed by atoms with Gasteiger partial charge in [-0.1, -0.05) is 6.08 Å². The summed E-state index contributed by atoms with van der Waals surface area (Å²) in [5.41, 5.74) is 1.19. The number of amides is 2. The number of carbonyl (C=O) groups excluding carboxylic acids is 2. The molecule has 1 aliphatic rings. The number of thiophene rings is 1. The lowest BCUT2D eigenvalue weighted by Crippen LogP contribution is -2.49. The predicted octanol–water partition coefficient (Wildman–Crippen LogP) is 0.455. The summed E-state index contributed by atoms with van der Waals surface area (Å²) in [7, 11) is 2.11. The standard InChI is InChI=1S/C16H24N4O2S/c1-3-5-17-15(21)16(22)18-11-14(13-4-10-23-12-13)20-8-6-19(2)7-9-20/h3-4,10,12,14H,1,5-9,11H2,2H3,(H,17,21)(H,18,22). The Morgan fingerprint density at radius 1 is 1.30 bits per heavy atom. The van der Waals surface area contributed by atoms with Crippen LogP contribution >= 0.6 is 11.3 Å². The molecule has 1 aromatic heterocycles. The maximum Gasteiger partial charge on any atom is 0.309 e. The topological polar surface area (TPSA) is 64.7 Å². The number of piperazine rings is 1. The molecule has 2 heterocycles. The van der Waals surface area contributed by atoms with Crippen LogP contribution in [0.2, 0.25) is 0 Å². The molecular formula is C16H24N4O2S. The zero-order valence-corrected chi connectivity index (χ0v) is 14.3. The van der Waals surface area contributed by atoms with Gasteiger partial charge in [-0.3, -0.25) is 14.5 Å². The number of hydrogen-bond donors (Lipinski definition) is 2. The Morgan fingerprint density at radius 2 is 2.00 bits per heavy atom. The Bertz CT molecular complexity index is 524. The smallest absolute Gasteiger partial charge is 0.309 e. The van der Waals surface area contributed by atoms with Crippen LogP contribution in [0, 0.1) is 0 Å². The first-order valence-electron chi connectivity index (χ1n) is 7.73. The molecule has 1 unspecified atom stereocenters. The monoisotopic (exact) mass is 336 g/mol. The fraction of sp³-hybridized carbons (Fsp3) is 0.500. The summed E-state index contributed by atoms with van der Waals surface area (Å²) in [5.74, 6) is -1.21. The van der Waals surface area contributed by atoms with E-state index in [1.54, 1.807) is 17.4 Å². The van der Waals surface area contributed by atoms with E-state index in [1.807, 2.05) is 5.38 Å². The van der Waals surface area contributed by atoms with Crippen LogP contribution in [0.4, 0.5) is 0 Å². The van der Waals surface area contributed by atoms with Crippen LogP contribution in [0.5, 0.6) is 0 Å². The third kappa shape index (κ3) is 5.16. The predicted molar refractivity (Wildman–Crippen MR) is 92.3 cm³/mol. The number of rotatable bonds is 6. The molecule has 0 aliphatic carbocycles. The zero-order valence-electron chi connectivity index (χ0n) is 13.5. The minimum Gasteiger partial charge on any atom is -0.346 e. The van der Waals surface area contributed by atoms with Crippen LogP contribution in [0.25, 0.3) is 0 Å². The van der Waals surface area contributed by atoms with Crippen LogP contribution in [0.15, 0.2) is 29.5 Å². The van der Waals surface area contributed by atoms with Crippen LogP contribution < -0.4 is 10.6 Å². The highest BCUT2D eigenvalue weighted by atomic mass is 32.1. The summed E-state index contributed by atoms with van der Waals surface area (Å²) < 4.78 is 0. The highest BCUT2D eigenvalue weighted by molar-refractivity contribution is 7.07. The highest BCUT2D eigenvalue weighted by Crippen LogP contribution is 2.23. The van der Waals surface area contributed by atoms with Crippen molar-refractivity contribution in [2.45, 2.75) is 6.04 Å². The molecule has 7 heteroatoms. The second-order valence-corrected chi connectivity index (χ2v) is 6.40. The lowest BCUT2D eigenvalue weighted by Gasteiger charge is -2.37. The largest absolute Gasteiger partial charge is 0.346 e. The fourth-order valence-electron chi connectivity index (χ4n) is 2.57. The zero-order chi connectivity index (χ0) is 16.7. The summed E-state index contributed by atoms with van der Waals surface area (Å²) in [6, 6.07) is 2.18. The number of nitrogens with zero attached hydrogens (tertiary/aromatic N) is 2. The van der Waals surface area contributed by atoms with E-state index in [0.717, 1.165) is 26.2 Å². The molecule has 0 saturated carbocycles. The van der Waals surface area contributed by atoms with Crippen LogP contribution in [0.3, 0.4) is 0 Å². The molecular weight excluding hydrogens is 312 g/mol. The van der Waals surface area contributed by atoms with E-state index in [2.05, 4.69) is 45.5 Å². The lowest BCUT2D eigenvalue weighted by atomic mass is 10.1. The molecule has 1 saturated heterocycles. The molecule has 0 bridgehead atoms. The Kier molecular flexibility index (Phi) is 6.76. The average Bonchev–Trinajstić information content (AvgIpc) is 3.08. The Hall–Kier alpha value is -1.70. The van der Waals surface area contributed by atoms with Crippen molar-refractivity contribution < 1.29 is 9.59 Å². The lowest BCUT2D eigenvalue weighted by molar-refractivity contribution is -0.139. The van der Waals surface area contributed by atoms with Crippen molar-refractivity contribution in [3.05, 3.63) is 35.0 Å². The number of carbonyl (C=O) groups is 2. The van der Waals surface area contributed by atoms with E-state index in [-0.39, 0.29) is 6.04 Å². The van der Waals surface area contributed by atoms with Gasteiger partial charge in [-0.15, -0.1) is 6.58 Å². The number of hydrogen-bond acceptors (Lipinski definition) is 5. The van der Waals surface area contributed by atoms with E-state index in [0.29, 0.717) is 13.1 Å². The van der Waals surface area contributed by atoms with Gasteiger partial charge in [0.25, 0.3) is 0 Å². The van der Waals surface area contributed by atoms with Crippen molar-refractivity contribution >= 4 is 23.2 Å². The fourth-order valence-corrected chi connectivity index (χ4v) is 3.28. The van der Waals surface area contributed by atoms with Crippen molar-refractivity contribution in [2.24, 2.45) is 0 Å². The Labute approximate surface area is 141 Å². The number of likely N-dealkylation sites (N-methyl/N-ethyl adjacent to an activating group) is 1. The van der Waals surface area contributed by atoms with Crippen LogP contribution in [-0.2, 0) is 9.59 Å². The van der Waals surface area contributed by atoms with Gasteiger partial charge in [0.15, 0.2) is 0 Å². The quantitative estimate of drug-likeness (QED) is 0.585. The van der Waals surface area contributed by atoms with Gasteiger partial charge in [0, 0.05) is 39.3 Å². The molecule has 0 aromatic carbocycles.